The van der Waals surface area contributed by atoms with Crippen molar-refractivity contribution in [2.75, 3.05) is 40.8 Å². The fourth-order valence-electron chi connectivity index (χ4n) is 3.24. The van der Waals surface area contributed by atoms with Gasteiger partial charge in [0, 0.05) is 32.7 Å². The number of guanidine groups is 1. The van der Waals surface area contributed by atoms with Crippen molar-refractivity contribution in [2.45, 2.75) is 30.4 Å². The Kier molecular flexibility index (Phi) is 7.89. The molecule has 0 radical (unpaired) electrons. The Bertz CT molecular complexity index is 776. The molecule has 1 atom stereocenters. The van der Waals surface area contributed by atoms with E-state index in [1.54, 1.807) is 7.05 Å². The fourth-order valence-corrected chi connectivity index (χ4v) is 4.23. The maximum Gasteiger partial charge on any atom is 0.511 e. The molecule has 1 aromatic carbocycles. The first-order valence-corrected chi connectivity index (χ1v) is 10.7. The lowest BCUT2D eigenvalue weighted by atomic mass is 10.1. The minimum atomic E-state index is -5.26. The summed E-state index contributed by atoms with van der Waals surface area (Å²) in [7, 11) is 0.309. The van der Waals surface area contributed by atoms with Crippen LogP contribution in [0.2, 0.25) is 0 Å². The summed E-state index contributed by atoms with van der Waals surface area (Å²) in [6, 6.07) is 9.93. The van der Waals surface area contributed by atoms with Gasteiger partial charge in [-0.05, 0) is 32.5 Å². The molecule has 11 heteroatoms. The second-order valence-corrected chi connectivity index (χ2v) is 9.04. The van der Waals surface area contributed by atoms with E-state index in [9.17, 15) is 21.6 Å². The largest absolute Gasteiger partial charge is 0.511 e. The highest BCUT2D eigenvalue weighted by molar-refractivity contribution is 7.90. The first-order valence-electron chi connectivity index (χ1n) is 9.31. The number of nitrogens with zero attached hydrogens (tertiary/aromatic N) is 3. The van der Waals surface area contributed by atoms with Crippen molar-refractivity contribution < 1.29 is 21.6 Å². The van der Waals surface area contributed by atoms with Crippen LogP contribution in [0.3, 0.4) is 0 Å². The Balaban J connectivity index is 1.90. The van der Waals surface area contributed by atoms with Crippen molar-refractivity contribution >= 4 is 16.0 Å². The van der Waals surface area contributed by atoms with E-state index in [4.69, 9.17) is 0 Å². The van der Waals surface area contributed by atoms with Crippen LogP contribution in [0, 0.1) is 0 Å². The Labute approximate surface area is 170 Å². The van der Waals surface area contributed by atoms with E-state index in [2.05, 4.69) is 20.5 Å². The summed E-state index contributed by atoms with van der Waals surface area (Å²) >= 11 is 0. The maximum absolute atomic E-state index is 12.7. The maximum atomic E-state index is 12.7. The molecular weight excluding hydrogens is 407 g/mol. The van der Waals surface area contributed by atoms with Crippen LogP contribution in [0.25, 0.3) is 0 Å². The predicted octanol–water partition coefficient (Wildman–Crippen LogP) is 1.77. The Morgan fingerprint density at radius 1 is 1.24 bits per heavy atom. The molecule has 1 saturated heterocycles. The molecule has 1 heterocycles. The summed E-state index contributed by atoms with van der Waals surface area (Å²) in [6.45, 7) is 0.222. The van der Waals surface area contributed by atoms with Crippen LogP contribution in [-0.2, 0) is 10.0 Å². The van der Waals surface area contributed by atoms with E-state index < -0.39 is 15.5 Å². The van der Waals surface area contributed by atoms with Gasteiger partial charge in [-0.15, -0.1) is 0 Å². The first kappa shape index (κ1) is 23.4. The fraction of sp³-hybridized carbons (Fsp3) is 0.611. The SMILES string of the molecule is CN=C(NCC(c1ccccc1)N(C)C)NC1CCN(S(=O)(=O)C(F)(F)F)CC1. The summed E-state index contributed by atoms with van der Waals surface area (Å²) in [4.78, 5) is 6.26. The molecule has 164 valence electrons. The van der Waals surface area contributed by atoms with Crippen LogP contribution < -0.4 is 10.6 Å². The number of piperidine rings is 1. The Morgan fingerprint density at radius 3 is 2.31 bits per heavy atom. The predicted molar refractivity (Wildman–Crippen MR) is 107 cm³/mol. The van der Waals surface area contributed by atoms with E-state index in [1.165, 1.54) is 0 Å². The van der Waals surface area contributed by atoms with E-state index in [1.807, 2.05) is 44.4 Å². The van der Waals surface area contributed by atoms with Gasteiger partial charge in [0.05, 0.1) is 6.04 Å². The van der Waals surface area contributed by atoms with Gasteiger partial charge in [-0.25, -0.2) is 8.42 Å². The molecule has 0 amide bonds. The number of aliphatic imine (C=N–C) groups is 1. The molecular formula is C18H28F3N5O2S. The first-order chi connectivity index (χ1) is 13.6. The molecule has 29 heavy (non-hydrogen) atoms. The molecule has 7 nitrogen and oxygen atoms in total. The zero-order chi connectivity index (χ0) is 21.7. The third-order valence-electron chi connectivity index (χ3n) is 4.92. The number of hydrogen-bond acceptors (Lipinski definition) is 4. The number of nitrogens with one attached hydrogen (secondary N) is 2. The number of rotatable bonds is 6. The number of benzene rings is 1. The number of sulfonamides is 1. The van der Waals surface area contributed by atoms with E-state index in [0.29, 0.717) is 16.8 Å². The molecule has 2 rings (SSSR count). The van der Waals surface area contributed by atoms with Crippen LogP contribution in [0.5, 0.6) is 0 Å². The van der Waals surface area contributed by atoms with Crippen LogP contribution in [-0.4, -0.2) is 75.9 Å². The third-order valence-corrected chi connectivity index (χ3v) is 6.55. The van der Waals surface area contributed by atoms with Crippen molar-refractivity contribution in [1.82, 2.24) is 19.8 Å². The molecule has 1 fully saturated rings. The number of alkyl halides is 3. The molecule has 0 aliphatic carbocycles. The molecule has 0 spiro atoms. The van der Waals surface area contributed by atoms with Gasteiger partial charge in [0.2, 0.25) is 0 Å². The van der Waals surface area contributed by atoms with Gasteiger partial charge in [-0.3, -0.25) is 4.99 Å². The van der Waals surface area contributed by atoms with Crippen LogP contribution >= 0.6 is 0 Å². The van der Waals surface area contributed by atoms with Gasteiger partial charge in [0.25, 0.3) is 0 Å². The van der Waals surface area contributed by atoms with E-state index in [0.717, 1.165) is 5.56 Å². The standard InChI is InChI=1S/C18H28F3N5O2S/c1-22-17(23-13-16(25(2)3)14-7-5-4-6-8-14)24-15-9-11-26(12-10-15)29(27,28)18(19,20)21/h4-8,15-16H,9-13H2,1-3H3,(H2,22,23,24). The average molecular weight is 436 g/mol. The van der Waals surface area contributed by atoms with Gasteiger partial charge in [0.1, 0.15) is 0 Å². The lowest BCUT2D eigenvalue weighted by Crippen LogP contribution is -2.52. The van der Waals surface area contributed by atoms with Crippen molar-refractivity contribution in [1.29, 1.82) is 0 Å². The molecule has 0 saturated carbocycles. The summed E-state index contributed by atoms with van der Waals surface area (Å²) < 4.78 is 61.6. The van der Waals surface area contributed by atoms with Gasteiger partial charge in [-0.1, -0.05) is 30.3 Å². The zero-order valence-corrected chi connectivity index (χ0v) is 17.6. The van der Waals surface area contributed by atoms with Gasteiger partial charge < -0.3 is 15.5 Å². The average Bonchev–Trinajstić information content (AvgIpc) is 2.67. The second kappa shape index (κ2) is 9.77. The topological polar surface area (TPSA) is 77.0 Å². The Morgan fingerprint density at radius 2 is 1.83 bits per heavy atom. The van der Waals surface area contributed by atoms with Gasteiger partial charge in [-0.2, -0.15) is 17.5 Å². The van der Waals surface area contributed by atoms with Crippen molar-refractivity contribution in [3.8, 4) is 0 Å². The van der Waals surface area contributed by atoms with Crippen LogP contribution in [0.4, 0.5) is 13.2 Å². The number of halogens is 3. The van der Waals surface area contributed by atoms with Crippen molar-refractivity contribution in [3.63, 3.8) is 0 Å². The minimum absolute atomic E-state index is 0.105. The third kappa shape index (κ3) is 6.06. The van der Waals surface area contributed by atoms with E-state index >= 15 is 0 Å². The molecule has 0 aromatic heterocycles. The summed E-state index contributed by atoms with van der Waals surface area (Å²) in [5.74, 6) is 0.532. The normalized spacial score (nSPS) is 18.7. The lowest BCUT2D eigenvalue weighted by Gasteiger charge is -2.33. The highest BCUT2D eigenvalue weighted by Gasteiger charge is 2.50. The van der Waals surface area contributed by atoms with Crippen LogP contribution in [0.15, 0.2) is 35.3 Å². The molecule has 1 aromatic rings. The Hall–Kier alpha value is -1.85. The summed E-state index contributed by atoms with van der Waals surface area (Å²) in [5.41, 5.74) is -4.12. The lowest BCUT2D eigenvalue weighted by molar-refractivity contribution is -0.0494. The quantitative estimate of drug-likeness (QED) is 0.526. The monoisotopic (exact) mass is 435 g/mol. The summed E-state index contributed by atoms with van der Waals surface area (Å²) in [5, 5.41) is 6.43. The zero-order valence-electron chi connectivity index (χ0n) is 16.8. The smallest absolute Gasteiger partial charge is 0.354 e. The molecule has 0 bridgehead atoms. The second-order valence-electron chi connectivity index (χ2n) is 7.11. The van der Waals surface area contributed by atoms with Gasteiger partial charge >= 0.3 is 15.5 Å². The van der Waals surface area contributed by atoms with Crippen molar-refractivity contribution in [2.24, 2.45) is 4.99 Å². The van der Waals surface area contributed by atoms with Crippen molar-refractivity contribution in [3.05, 3.63) is 35.9 Å². The van der Waals surface area contributed by atoms with Crippen LogP contribution in [0.1, 0.15) is 24.4 Å². The highest BCUT2D eigenvalue weighted by Crippen LogP contribution is 2.29. The molecule has 1 unspecified atom stereocenters. The van der Waals surface area contributed by atoms with E-state index in [-0.39, 0.29) is 38.0 Å². The highest BCUT2D eigenvalue weighted by atomic mass is 32.2. The molecule has 1 aliphatic heterocycles. The number of likely N-dealkylation sites (N-methyl/N-ethyl adjacent to an activating group) is 1. The molecule has 1 aliphatic rings. The molecule has 2 N–H and O–H groups in total. The number of hydrogen-bond donors (Lipinski definition) is 2. The van der Waals surface area contributed by atoms with Gasteiger partial charge in [0.15, 0.2) is 5.96 Å². The summed E-state index contributed by atoms with van der Waals surface area (Å²) in [6.07, 6.45) is 0.539. The minimum Gasteiger partial charge on any atom is -0.354 e.